The van der Waals surface area contributed by atoms with Crippen LogP contribution in [0.3, 0.4) is 0 Å². The molecular weight excluding hydrogens is 1080 g/mol. The highest BCUT2D eigenvalue weighted by Crippen LogP contribution is 2.44. The zero-order valence-corrected chi connectivity index (χ0v) is 51.9. The molecule has 0 aliphatic carbocycles. The van der Waals surface area contributed by atoms with Crippen LogP contribution in [-0.2, 0) is 82.4 Å². The first kappa shape index (κ1) is 66.6. The molecule has 0 spiro atoms. The smallest absolute Gasteiger partial charge is 0.432 e. The van der Waals surface area contributed by atoms with Gasteiger partial charge >= 0.3 is 29.9 Å². The molecule has 4 rings (SSSR count). The van der Waals surface area contributed by atoms with Crippen LogP contribution in [0.15, 0.2) is 43.9 Å². The molecule has 0 saturated heterocycles. The monoisotopic (exact) mass is 1160 g/mol. The maximum Gasteiger partial charge on any atom is 0.432 e. The van der Waals surface area contributed by atoms with Gasteiger partial charge in [-0.15, -0.1) is 0 Å². The van der Waals surface area contributed by atoms with Crippen LogP contribution in [0, 0.1) is 5.41 Å². The Labute approximate surface area is 467 Å². The van der Waals surface area contributed by atoms with Crippen molar-refractivity contribution in [2.75, 3.05) is 32.8 Å². The van der Waals surface area contributed by atoms with Crippen molar-refractivity contribution < 1.29 is 73.2 Å². The lowest BCUT2D eigenvalue weighted by atomic mass is 9.84. The predicted molar refractivity (Wildman–Crippen MR) is 298 cm³/mol. The van der Waals surface area contributed by atoms with E-state index in [0.717, 1.165) is 0 Å². The number of carbonyl (C=O) groups excluding carboxylic acids is 4. The Balaban J connectivity index is 1.78. The highest BCUT2D eigenvalue weighted by atomic mass is 32.2. The Bertz CT molecular complexity index is 2310. The van der Waals surface area contributed by atoms with Crippen LogP contribution in [0.4, 0.5) is 0 Å². The number of nitrogens with zero attached hydrogens (tertiary/aromatic N) is 4. The van der Waals surface area contributed by atoms with Gasteiger partial charge in [0.15, 0.2) is 44.3 Å². The maximum atomic E-state index is 14.6. The third-order valence-corrected chi connectivity index (χ3v) is 18.3. The average Bonchev–Trinajstić information content (AvgIpc) is 3.22. The molecule has 440 valence electrons. The summed E-state index contributed by atoms with van der Waals surface area (Å²) in [5, 5.41) is 0. The van der Waals surface area contributed by atoms with Gasteiger partial charge in [0.05, 0.1) is 25.7 Å². The second-order valence-corrected chi connectivity index (χ2v) is 30.2. The minimum Gasteiger partial charge on any atom is -0.465 e. The molecule has 4 aliphatic heterocycles. The van der Waals surface area contributed by atoms with Crippen molar-refractivity contribution >= 4 is 68.2 Å². The third kappa shape index (κ3) is 16.2. The number of hydrogen-bond acceptors (Lipinski definition) is 16. The van der Waals surface area contributed by atoms with E-state index >= 15 is 0 Å². The molecule has 0 saturated carbocycles. The molecule has 0 radical (unpaired) electrons. The molecule has 4 N–H and O–H groups in total. The lowest BCUT2D eigenvalue weighted by molar-refractivity contribution is -0.377. The summed E-state index contributed by atoms with van der Waals surface area (Å²) in [6.07, 6.45) is 6.40. The van der Waals surface area contributed by atoms with Crippen molar-refractivity contribution in [2.24, 2.45) is 5.41 Å². The first-order chi connectivity index (χ1) is 34.7. The molecule has 0 bridgehead atoms. The van der Waals surface area contributed by atoms with E-state index in [-0.39, 0.29) is 77.5 Å². The molecule has 4 atom stereocenters. The zero-order valence-electron chi connectivity index (χ0n) is 48.6. The van der Waals surface area contributed by atoms with Gasteiger partial charge in [0.25, 0.3) is 0 Å². The molecule has 0 aromatic carbocycles. The van der Waals surface area contributed by atoms with Gasteiger partial charge in [-0.1, -0.05) is 24.3 Å². The van der Waals surface area contributed by atoms with Crippen LogP contribution in [0.25, 0.3) is 0 Å². The first-order valence-corrected chi connectivity index (χ1v) is 30.4. The lowest BCUT2D eigenvalue weighted by Gasteiger charge is -2.51. The molecule has 24 heteroatoms. The molecule has 0 aromatic rings. The topological polar surface area (TPSA) is 267 Å². The minimum absolute atomic E-state index is 0.0304. The van der Waals surface area contributed by atoms with Crippen LogP contribution in [0.5, 0.6) is 0 Å². The van der Waals surface area contributed by atoms with E-state index in [1.54, 1.807) is 24.3 Å². The van der Waals surface area contributed by atoms with Gasteiger partial charge < -0.3 is 37.2 Å². The zero-order chi connectivity index (χ0) is 59.1. The van der Waals surface area contributed by atoms with E-state index < -0.39 is 131 Å². The van der Waals surface area contributed by atoms with Gasteiger partial charge in [0.1, 0.15) is 12.0 Å². The molecule has 4 heterocycles. The summed E-state index contributed by atoms with van der Waals surface area (Å²) in [6.45, 7) is 32.4. The molecule has 20 nitrogen and oxygen atoms in total. The second kappa shape index (κ2) is 23.9. The number of ether oxygens (including phenoxy) is 4. The van der Waals surface area contributed by atoms with E-state index in [1.165, 1.54) is 13.8 Å². The SMILES string of the molecule is CC1(C)C=C(S(=O)O)CC(C)(C)N1CCC(=O)OCC(C)(C)C(OC(=O)CCN1C(C)(C)C=C(S(=O)O)CC1(C)C)(OC(=O)CCN1C(C)(C)C=C(S(=O)O)CC1(C)C)OC(=O)CCN1C(C)(C)C=C(S(=O)O)CC1(C)C. The van der Waals surface area contributed by atoms with E-state index in [1.807, 2.05) is 130 Å². The largest absolute Gasteiger partial charge is 0.465 e. The van der Waals surface area contributed by atoms with Crippen LogP contribution in [0.2, 0.25) is 0 Å². The van der Waals surface area contributed by atoms with Crippen molar-refractivity contribution in [1.82, 2.24) is 19.6 Å². The summed E-state index contributed by atoms with van der Waals surface area (Å²) in [4.78, 5) is 67.1. The highest BCUT2D eigenvalue weighted by molar-refractivity contribution is 7.84. The van der Waals surface area contributed by atoms with Crippen molar-refractivity contribution in [2.45, 2.75) is 226 Å². The van der Waals surface area contributed by atoms with Crippen LogP contribution < -0.4 is 0 Å². The van der Waals surface area contributed by atoms with Crippen molar-refractivity contribution in [3.63, 3.8) is 0 Å². The van der Waals surface area contributed by atoms with Crippen molar-refractivity contribution in [3.05, 3.63) is 43.9 Å². The number of rotatable bonds is 22. The molecule has 77 heavy (non-hydrogen) atoms. The molecular formula is C53H88N4O16S4. The molecule has 0 fully saturated rings. The minimum atomic E-state index is -2.90. The summed E-state index contributed by atoms with van der Waals surface area (Å²) in [7, 11) is 0. The van der Waals surface area contributed by atoms with Crippen LogP contribution >= 0.6 is 0 Å². The van der Waals surface area contributed by atoms with Gasteiger partial charge in [-0.25, -0.2) is 16.8 Å². The van der Waals surface area contributed by atoms with Gasteiger partial charge in [-0.05, 0) is 125 Å². The fourth-order valence-corrected chi connectivity index (χ4v) is 15.9. The van der Waals surface area contributed by atoms with E-state index in [4.69, 9.17) is 18.9 Å². The number of esters is 4. The van der Waals surface area contributed by atoms with Gasteiger partial charge in [0, 0.05) is 116 Å². The average molecular weight is 1170 g/mol. The normalized spacial score (nSPS) is 25.2. The Morgan fingerprint density at radius 3 is 0.831 bits per heavy atom. The molecule has 4 unspecified atom stereocenters. The first-order valence-electron chi connectivity index (χ1n) is 26.0. The van der Waals surface area contributed by atoms with Crippen molar-refractivity contribution in [1.29, 1.82) is 0 Å². The summed E-state index contributed by atoms with van der Waals surface area (Å²) < 4.78 is 114. The fraction of sp³-hybridized carbons (Fsp3) is 0.774. The van der Waals surface area contributed by atoms with E-state index in [2.05, 4.69) is 0 Å². The fourth-order valence-electron chi connectivity index (χ4n) is 12.4. The molecule has 0 aromatic heterocycles. The standard InChI is InChI=1S/C53H88N4O16S4/c1-44(2,35-70-40(58)19-23-54-45(3,4)27-36(74(62)63)28-46(54,5)6)53(71-41(59)20-24-55-47(7,8)29-37(75(64)65)30-48(55,9)10,72-42(60)21-25-56-49(11,12)31-38(76(66)67)32-50(56,13)14)73-43(61)22-26-57-51(15,16)33-39(77(68)69)34-52(57,17)18/h27,29,31,33H,19-26,28,30,32,34-35H2,1-18H3,(H,62,63)(H,64,65)(H,66,67)(H,68,69). The predicted octanol–water partition coefficient (Wildman–Crippen LogP) is 7.87. The van der Waals surface area contributed by atoms with E-state index in [0.29, 0.717) is 19.6 Å². The summed E-state index contributed by atoms with van der Waals surface area (Å²) in [5.41, 5.74) is -7.92. The quantitative estimate of drug-likeness (QED) is 0.0456. The van der Waals surface area contributed by atoms with Gasteiger partial charge in [0.2, 0.25) is 0 Å². The summed E-state index contributed by atoms with van der Waals surface area (Å²) in [6, 6.07) is 0. The second-order valence-electron chi connectivity index (χ2n) is 26.1. The van der Waals surface area contributed by atoms with Gasteiger partial charge in [-0.3, -0.25) is 38.8 Å². The molecule has 4 aliphatic rings. The summed E-state index contributed by atoms with van der Waals surface area (Å²) >= 11 is -8.87. The lowest BCUT2D eigenvalue weighted by Crippen LogP contribution is -2.60. The Morgan fingerprint density at radius 1 is 0.429 bits per heavy atom. The Kier molecular flexibility index (Phi) is 20.7. The van der Waals surface area contributed by atoms with Gasteiger partial charge in [-0.2, -0.15) is 0 Å². The number of carbonyl (C=O) groups is 4. The Hall–Kier alpha value is -2.88. The number of hydrogen-bond donors (Lipinski definition) is 4. The maximum absolute atomic E-state index is 14.6. The third-order valence-electron chi connectivity index (χ3n) is 15.4. The Morgan fingerprint density at radius 2 is 0.636 bits per heavy atom. The van der Waals surface area contributed by atoms with Crippen molar-refractivity contribution in [3.8, 4) is 0 Å². The summed E-state index contributed by atoms with van der Waals surface area (Å²) in [5.74, 6) is -6.51. The molecule has 0 amide bonds. The highest BCUT2D eigenvalue weighted by Gasteiger charge is 2.59. The van der Waals surface area contributed by atoms with E-state index in [9.17, 15) is 54.2 Å². The van der Waals surface area contributed by atoms with Crippen LogP contribution in [-0.4, -0.2) is 162 Å². The van der Waals surface area contributed by atoms with Crippen LogP contribution in [0.1, 0.15) is 176 Å².